The summed E-state index contributed by atoms with van der Waals surface area (Å²) in [5.74, 6) is 1.19. The molecule has 0 aromatic heterocycles. The molecule has 0 radical (unpaired) electrons. The predicted octanol–water partition coefficient (Wildman–Crippen LogP) is 2.01. The Hall–Kier alpha value is -1.30. The minimum absolute atomic E-state index is 0.157. The summed E-state index contributed by atoms with van der Waals surface area (Å²) in [4.78, 5) is 11.6. The van der Waals surface area contributed by atoms with E-state index in [0.717, 1.165) is 0 Å². The molecule has 0 aliphatic heterocycles. The van der Waals surface area contributed by atoms with E-state index in [-0.39, 0.29) is 32.1 Å². The standard InChI is InChI=1S/C16H22ClNO4/c17-13-3-5-15(6-4-13)22-8-7-16(20)18-9-14(19)11-21-10-12-1-2-12/h3-6,12,14,19H,1-2,7-11H2,(H,18,20)/t14-/m0/s1. The van der Waals surface area contributed by atoms with Gasteiger partial charge in [-0.2, -0.15) is 0 Å². The molecule has 5 nitrogen and oxygen atoms in total. The molecule has 2 rings (SSSR count). The Bertz CT molecular complexity index is 462. The van der Waals surface area contributed by atoms with Crippen molar-refractivity contribution in [3.8, 4) is 5.75 Å². The lowest BCUT2D eigenvalue weighted by atomic mass is 10.3. The molecule has 1 aliphatic carbocycles. The fourth-order valence-corrected chi connectivity index (χ4v) is 1.95. The van der Waals surface area contributed by atoms with Gasteiger partial charge in [-0.05, 0) is 43.0 Å². The monoisotopic (exact) mass is 327 g/mol. The van der Waals surface area contributed by atoms with E-state index in [1.54, 1.807) is 24.3 Å². The van der Waals surface area contributed by atoms with Crippen molar-refractivity contribution in [3.05, 3.63) is 29.3 Å². The topological polar surface area (TPSA) is 67.8 Å². The summed E-state index contributed by atoms with van der Waals surface area (Å²) in [6.45, 7) is 1.45. The molecule has 1 amide bonds. The fraction of sp³-hybridized carbons (Fsp3) is 0.562. The smallest absolute Gasteiger partial charge is 0.223 e. The Kier molecular flexibility index (Phi) is 6.96. The molecule has 0 saturated heterocycles. The second kappa shape index (κ2) is 8.98. The second-order valence-corrected chi connectivity index (χ2v) is 5.93. The molecule has 1 aromatic carbocycles. The highest BCUT2D eigenvalue weighted by molar-refractivity contribution is 6.30. The number of aliphatic hydroxyl groups excluding tert-OH is 1. The van der Waals surface area contributed by atoms with Crippen molar-refractivity contribution in [2.45, 2.75) is 25.4 Å². The third kappa shape index (κ3) is 7.11. The van der Waals surface area contributed by atoms with Gasteiger partial charge in [0.1, 0.15) is 5.75 Å². The summed E-state index contributed by atoms with van der Waals surface area (Å²) < 4.78 is 10.8. The van der Waals surface area contributed by atoms with Gasteiger partial charge in [-0.15, -0.1) is 0 Å². The Balaban J connectivity index is 1.50. The van der Waals surface area contributed by atoms with Crippen LogP contribution in [0.4, 0.5) is 0 Å². The van der Waals surface area contributed by atoms with Crippen LogP contribution in [0.25, 0.3) is 0 Å². The third-order valence-electron chi connectivity index (χ3n) is 3.31. The molecule has 0 bridgehead atoms. The number of aliphatic hydroxyl groups is 1. The normalized spacial score (nSPS) is 15.4. The number of hydrogen-bond donors (Lipinski definition) is 2. The average molecular weight is 328 g/mol. The van der Waals surface area contributed by atoms with E-state index < -0.39 is 6.10 Å². The van der Waals surface area contributed by atoms with Gasteiger partial charge in [0, 0.05) is 18.2 Å². The van der Waals surface area contributed by atoms with Crippen molar-refractivity contribution in [1.29, 1.82) is 0 Å². The maximum absolute atomic E-state index is 11.6. The van der Waals surface area contributed by atoms with Crippen molar-refractivity contribution in [2.24, 2.45) is 5.92 Å². The van der Waals surface area contributed by atoms with E-state index in [9.17, 15) is 9.90 Å². The first-order chi connectivity index (χ1) is 10.6. The largest absolute Gasteiger partial charge is 0.493 e. The molecule has 1 fully saturated rings. The lowest BCUT2D eigenvalue weighted by Crippen LogP contribution is -2.35. The first kappa shape index (κ1) is 17.1. The molecule has 2 N–H and O–H groups in total. The highest BCUT2D eigenvalue weighted by atomic mass is 35.5. The van der Waals surface area contributed by atoms with Crippen LogP contribution in [-0.2, 0) is 9.53 Å². The van der Waals surface area contributed by atoms with E-state index in [1.807, 2.05) is 0 Å². The maximum atomic E-state index is 11.6. The van der Waals surface area contributed by atoms with Gasteiger partial charge in [0.15, 0.2) is 0 Å². The van der Waals surface area contributed by atoms with Crippen molar-refractivity contribution in [2.75, 3.05) is 26.4 Å². The molecule has 6 heteroatoms. The lowest BCUT2D eigenvalue weighted by Gasteiger charge is -2.12. The number of carbonyl (C=O) groups excluding carboxylic acids is 1. The van der Waals surface area contributed by atoms with Crippen molar-refractivity contribution in [3.63, 3.8) is 0 Å². The third-order valence-corrected chi connectivity index (χ3v) is 3.56. The number of amides is 1. The van der Waals surface area contributed by atoms with Crippen molar-refractivity contribution < 1.29 is 19.4 Å². The highest BCUT2D eigenvalue weighted by Crippen LogP contribution is 2.28. The Morgan fingerprint density at radius 1 is 1.36 bits per heavy atom. The molecule has 122 valence electrons. The van der Waals surface area contributed by atoms with E-state index in [2.05, 4.69) is 5.32 Å². The maximum Gasteiger partial charge on any atom is 0.223 e. The number of carbonyl (C=O) groups is 1. The van der Waals surface area contributed by atoms with E-state index in [0.29, 0.717) is 23.3 Å². The number of hydrogen-bond acceptors (Lipinski definition) is 4. The predicted molar refractivity (Wildman–Crippen MR) is 84.1 cm³/mol. The first-order valence-electron chi connectivity index (χ1n) is 7.54. The SMILES string of the molecule is O=C(CCOc1ccc(Cl)cc1)NC[C@H](O)COCC1CC1. The summed E-state index contributed by atoms with van der Waals surface area (Å²) in [6, 6.07) is 6.96. The molecule has 0 spiro atoms. The van der Waals surface area contributed by atoms with Gasteiger partial charge >= 0.3 is 0 Å². The minimum atomic E-state index is -0.667. The average Bonchev–Trinajstić information content (AvgIpc) is 3.31. The molecule has 0 unspecified atom stereocenters. The Labute approximate surface area is 135 Å². The summed E-state index contributed by atoms with van der Waals surface area (Å²) in [7, 11) is 0. The lowest BCUT2D eigenvalue weighted by molar-refractivity contribution is -0.122. The van der Waals surface area contributed by atoms with Crippen LogP contribution in [0.2, 0.25) is 5.02 Å². The quantitative estimate of drug-likeness (QED) is 0.690. The molecule has 22 heavy (non-hydrogen) atoms. The van der Waals surface area contributed by atoms with Gasteiger partial charge in [-0.1, -0.05) is 11.6 Å². The van der Waals surface area contributed by atoms with Crippen LogP contribution in [0.3, 0.4) is 0 Å². The molecular weight excluding hydrogens is 306 g/mol. The van der Waals surface area contributed by atoms with Crippen LogP contribution in [0, 0.1) is 5.92 Å². The second-order valence-electron chi connectivity index (χ2n) is 5.49. The van der Waals surface area contributed by atoms with Gasteiger partial charge in [-0.3, -0.25) is 4.79 Å². The zero-order chi connectivity index (χ0) is 15.8. The molecule has 1 aromatic rings. The molecular formula is C16H22ClNO4. The molecule has 1 atom stereocenters. The van der Waals surface area contributed by atoms with E-state index in [1.165, 1.54) is 12.8 Å². The van der Waals surface area contributed by atoms with E-state index in [4.69, 9.17) is 21.1 Å². The number of benzene rings is 1. The number of nitrogens with one attached hydrogen (secondary N) is 1. The van der Waals surface area contributed by atoms with Gasteiger partial charge < -0.3 is 19.9 Å². The van der Waals surface area contributed by atoms with Crippen LogP contribution >= 0.6 is 11.6 Å². The summed E-state index contributed by atoms with van der Waals surface area (Å²) in [6.07, 6.45) is 2.01. The van der Waals surface area contributed by atoms with Crippen LogP contribution < -0.4 is 10.1 Å². The van der Waals surface area contributed by atoms with Crippen LogP contribution in [0.1, 0.15) is 19.3 Å². The zero-order valence-corrected chi connectivity index (χ0v) is 13.2. The molecule has 0 heterocycles. The van der Waals surface area contributed by atoms with Gasteiger partial charge in [0.05, 0.1) is 25.7 Å². The Morgan fingerprint density at radius 3 is 2.77 bits per heavy atom. The van der Waals surface area contributed by atoms with Crippen LogP contribution in [-0.4, -0.2) is 43.5 Å². The van der Waals surface area contributed by atoms with Gasteiger partial charge in [0.2, 0.25) is 5.91 Å². The zero-order valence-electron chi connectivity index (χ0n) is 12.5. The number of ether oxygens (including phenoxy) is 2. The fourth-order valence-electron chi connectivity index (χ4n) is 1.83. The van der Waals surface area contributed by atoms with Crippen molar-refractivity contribution >= 4 is 17.5 Å². The summed E-state index contributed by atoms with van der Waals surface area (Å²) in [5, 5.41) is 13.0. The van der Waals surface area contributed by atoms with Crippen LogP contribution in [0.5, 0.6) is 5.75 Å². The number of rotatable bonds is 10. The molecule has 1 saturated carbocycles. The summed E-state index contributed by atoms with van der Waals surface area (Å²) in [5.41, 5.74) is 0. The Morgan fingerprint density at radius 2 is 2.09 bits per heavy atom. The number of halogens is 1. The molecule has 1 aliphatic rings. The van der Waals surface area contributed by atoms with Crippen molar-refractivity contribution in [1.82, 2.24) is 5.32 Å². The van der Waals surface area contributed by atoms with E-state index >= 15 is 0 Å². The van der Waals surface area contributed by atoms with Gasteiger partial charge in [0.25, 0.3) is 0 Å². The summed E-state index contributed by atoms with van der Waals surface area (Å²) >= 11 is 5.77. The van der Waals surface area contributed by atoms with Crippen LogP contribution in [0.15, 0.2) is 24.3 Å². The van der Waals surface area contributed by atoms with Gasteiger partial charge in [-0.25, -0.2) is 0 Å². The minimum Gasteiger partial charge on any atom is -0.493 e. The first-order valence-corrected chi connectivity index (χ1v) is 7.92. The highest BCUT2D eigenvalue weighted by Gasteiger charge is 2.21.